The molecular formula is C25H40O6. The van der Waals surface area contributed by atoms with Gasteiger partial charge in [0.2, 0.25) is 0 Å². The Kier molecular flexibility index (Phi) is 7.21. The second-order valence-corrected chi connectivity index (χ2v) is 10.6. The Morgan fingerprint density at radius 3 is 2.61 bits per heavy atom. The number of rotatable bonds is 7. The van der Waals surface area contributed by atoms with E-state index in [9.17, 15) is 19.8 Å². The highest BCUT2D eigenvalue weighted by atomic mass is 16.6. The minimum absolute atomic E-state index is 0.0916. The van der Waals surface area contributed by atoms with E-state index in [1.165, 1.54) is 0 Å². The van der Waals surface area contributed by atoms with E-state index in [2.05, 4.69) is 20.8 Å². The molecule has 1 aliphatic heterocycles. The topological polar surface area (TPSA) is 93.1 Å². The number of carboxylic acids is 1. The molecule has 0 spiro atoms. The molecule has 2 N–H and O–H groups in total. The molecule has 6 heteroatoms. The fourth-order valence-electron chi connectivity index (χ4n) is 6.39. The quantitative estimate of drug-likeness (QED) is 0.449. The third-order valence-corrected chi connectivity index (χ3v) is 8.29. The highest BCUT2D eigenvalue weighted by Crippen LogP contribution is 2.61. The molecule has 3 rings (SSSR count). The summed E-state index contributed by atoms with van der Waals surface area (Å²) in [5.74, 6) is -2.74. The summed E-state index contributed by atoms with van der Waals surface area (Å²) in [5, 5.41) is 21.1. The summed E-state index contributed by atoms with van der Waals surface area (Å²) < 4.78 is 11.8. The van der Waals surface area contributed by atoms with Crippen molar-refractivity contribution in [2.45, 2.75) is 91.5 Å². The lowest BCUT2D eigenvalue weighted by Gasteiger charge is -2.56. The van der Waals surface area contributed by atoms with Gasteiger partial charge in [-0.2, -0.15) is 0 Å². The summed E-state index contributed by atoms with van der Waals surface area (Å²) >= 11 is 0. The van der Waals surface area contributed by atoms with E-state index in [1.807, 2.05) is 13.0 Å². The van der Waals surface area contributed by atoms with Gasteiger partial charge < -0.3 is 19.7 Å². The first-order chi connectivity index (χ1) is 14.5. The molecule has 0 amide bonds. The maximum Gasteiger partial charge on any atom is 0.333 e. The van der Waals surface area contributed by atoms with Gasteiger partial charge in [0, 0.05) is 23.8 Å². The van der Waals surface area contributed by atoms with Crippen LogP contribution in [0, 0.1) is 35.0 Å². The zero-order valence-corrected chi connectivity index (χ0v) is 19.7. The molecule has 3 aliphatic rings. The van der Waals surface area contributed by atoms with Gasteiger partial charge in [-0.05, 0) is 49.9 Å². The second-order valence-electron chi connectivity index (χ2n) is 10.6. The standard InChI is InChI=1S/C25H40O6/c1-6-7-8-15(2)11-16(3)23(28)31-21-10-9-18(22(26)27)24(5)12-19-17(4)14-30-25(19,29)13-20(21)24/h11,15,17-21,29H,6-10,12-14H2,1-5H3,(H,26,27)/b16-11+/t15?,17-,18+,19-,20+,21+,24+,25+/m0/s1. The predicted octanol–water partition coefficient (Wildman–Crippen LogP) is 4.55. The Bertz CT molecular complexity index is 717. The van der Waals surface area contributed by atoms with Gasteiger partial charge in [-0.15, -0.1) is 0 Å². The molecule has 0 aromatic carbocycles. The Morgan fingerprint density at radius 2 is 1.97 bits per heavy atom. The van der Waals surface area contributed by atoms with Crippen molar-refractivity contribution in [1.82, 2.24) is 0 Å². The lowest BCUT2D eigenvalue weighted by atomic mass is 9.50. The highest BCUT2D eigenvalue weighted by Gasteiger charge is 2.63. The van der Waals surface area contributed by atoms with Crippen molar-refractivity contribution in [2.75, 3.05) is 6.61 Å². The van der Waals surface area contributed by atoms with Crippen molar-refractivity contribution in [3.8, 4) is 0 Å². The van der Waals surface area contributed by atoms with Crippen LogP contribution in [0.15, 0.2) is 11.6 Å². The molecule has 2 aliphatic carbocycles. The number of esters is 1. The van der Waals surface area contributed by atoms with Gasteiger partial charge in [0.1, 0.15) is 6.10 Å². The Hall–Kier alpha value is -1.40. The molecule has 3 fully saturated rings. The third-order valence-electron chi connectivity index (χ3n) is 8.29. The van der Waals surface area contributed by atoms with Gasteiger partial charge in [-0.25, -0.2) is 4.79 Å². The Balaban J connectivity index is 1.80. The van der Waals surface area contributed by atoms with Crippen LogP contribution in [0.5, 0.6) is 0 Å². The number of hydrogen-bond donors (Lipinski definition) is 2. The van der Waals surface area contributed by atoms with Crippen molar-refractivity contribution in [3.05, 3.63) is 11.6 Å². The van der Waals surface area contributed by atoms with Crippen LogP contribution in [0.4, 0.5) is 0 Å². The predicted molar refractivity (Wildman–Crippen MR) is 117 cm³/mol. The lowest BCUT2D eigenvalue weighted by molar-refractivity contribution is -0.261. The Morgan fingerprint density at radius 1 is 1.26 bits per heavy atom. The molecule has 2 saturated carbocycles. The smallest absolute Gasteiger partial charge is 0.333 e. The number of fused-ring (bicyclic) bond motifs is 2. The van der Waals surface area contributed by atoms with Gasteiger partial charge in [-0.3, -0.25) is 4.79 Å². The number of carbonyl (C=O) groups is 2. The summed E-state index contributed by atoms with van der Waals surface area (Å²) in [6, 6.07) is 0. The Labute approximate surface area is 186 Å². The van der Waals surface area contributed by atoms with Crippen LogP contribution < -0.4 is 0 Å². The normalized spacial score (nSPS) is 41.2. The van der Waals surface area contributed by atoms with Crippen LogP contribution >= 0.6 is 0 Å². The lowest BCUT2D eigenvalue weighted by Crippen LogP contribution is -2.59. The van der Waals surface area contributed by atoms with E-state index >= 15 is 0 Å². The number of aliphatic hydroxyl groups is 1. The largest absolute Gasteiger partial charge is 0.481 e. The number of allylic oxidation sites excluding steroid dienone is 1. The monoisotopic (exact) mass is 436 g/mol. The van der Waals surface area contributed by atoms with Crippen molar-refractivity contribution < 1.29 is 29.3 Å². The first-order valence-electron chi connectivity index (χ1n) is 12.0. The number of carbonyl (C=O) groups excluding carboxylic acids is 1. The average Bonchev–Trinajstić information content (AvgIpc) is 2.98. The molecule has 1 heterocycles. The zero-order chi connectivity index (χ0) is 23.0. The van der Waals surface area contributed by atoms with E-state index in [0.717, 1.165) is 19.3 Å². The van der Waals surface area contributed by atoms with Crippen molar-refractivity contribution in [3.63, 3.8) is 0 Å². The second kappa shape index (κ2) is 9.22. The number of aliphatic carboxylic acids is 1. The van der Waals surface area contributed by atoms with E-state index < -0.39 is 29.2 Å². The fraction of sp³-hybridized carbons (Fsp3) is 0.840. The first kappa shape index (κ1) is 24.2. The number of carboxylic acid groups (broad SMARTS) is 1. The van der Waals surface area contributed by atoms with E-state index in [0.29, 0.717) is 43.8 Å². The molecule has 8 atom stereocenters. The number of unbranched alkanes of at least 4 members (excludes halogenated alkanes) is 1. The summed E-state index contributed by atoms with van der Waals surface area (Å²) in [5.41, 5.74) is 0.0590. The van der Waals surface area contributed by atoms with Crippen LogP contribution in [0.1, 0.15) is 79.6 Å². The third kappa shape index (κ3) is 4.70. The molecule has 0 bridgehead atoms. The van der Waals surface area contributed by atoms with Crippen molar-refractivity contribution >= 4 is 11.9 Å². The maximum atomic E-state index is 12.9. The molecule has 0 radical (unpaired) electrons. The minimum atomic E-state index is -1.26. The molecule has 1 saturated heterocycles. The van der Waals surface area contributed by atoms with E-state index in [4.69, 9.17) is 9.47 Å². The molecule has 0 aromatic heterocycles. The van der Waals surface area contributed by atoms with Crippen LogP contribution in [-0.2, 0) is 19.1 Å². The summed E-state index contributed by atoms with van der Waals surface area (Å²) in [6.45, 7) is 10.6. The summed E-state index contributed by atoms with van der Waals surface area (Å²) in [6.07, 6.45) is 6.72. The maximum absolute atomic E-state index is 12.9. The minimum Gasteiger partial charge on any atom is -0.481 e. The molecule has 176 valence electrons. The SMILES string of the molecule is CCCCC(C)/C=C(\C)C(=O)O[C@@H]1CC[C@H](C(=O)O)[C@@]2(C)C[C@H]3[C@@H](C)CO[C@]3(O)C[C@H]12. The highest BCUT2D eigenvalue weighted by molar-refractivity contribution is 5.88. The van der Waals surface area contributed by atoms with Crippen LogP contribution in [-0.4, -0.2) is 40.6 Å². The molecule has 31 heavy (non-hydrogen) atoms. The molecule has 6 nitrogen and oxygen atoms in total. The van der Waals surface area contributed by atoms with Gasteiger partial charge in [0.25, 0.3) is 0 Å². The average molecular weight is 437 g/mol. The van der Waals surface area contributed by atoms with Gasteiger partial charge in [-0.1, -0.05) is 46.6 Å². The first-order valence-corrected chi connectivity index (χ1v) is 12.0. The van der Waals surface area contributed by atoms with Gasteiger partial charge in [0.05, 0.1) is 12.5 Å². The van der Waals surface area contributed by atoms with Crippen molar-refractivity contribution in [2.24, 2.45) is 35.0 Å². The van der Waals surface area contributed by atoms with Crippen LogP contribution in [0.3, 0.4) is 0 Å². The molecule has 0 aromatic rings. The van der Waals surface area contributed by atoms with E-state index in [1.54, 1.807) is 6.92 Å². The van der Waals surface area contributed by atoms with Crippen LogP contribution in [0.2, 0.25) is 0 Å². The fourth-order valence-corrected chi connectivity index (χ4v) is 6.39. The number of hydrogen-bond acceptors (Lipinski definition) is 5. The summed E-state index contributed by atoms with van der Waals surface area (Å²) in [7, 11) is 0. The number of ether oxygens (including phenoxy) is 2. The summed E-state index contributed by atoms with van der Waals surface area (Å²) in [4.78, 5) is 25.0. The zero-order valence-electron chi connectivity index (χ0n) is 19.7. The van der Waals surface area contributed by atoms with Gasteiger partial charge >= 0.3 is 11.9 Å². The van der Waals surface area contributed by atoms with E-state index in [-0.39, 0.29) is 23.7 Å². The van der Waals surface area contributed by atoms with Crippen LogP contribution in [0.25, 0.3) is 0 Å². The molecule has 1 unspecified atom stereocenters. The molecular weight excluding hydrogens is 396 g/mol. The van der Waals surface area contributed by atoms with Gasteiger partial charge in [0.15, 0.2) is 5.79 Å². The van der Waals surface area contributed by atoms with Crippen molar-refractivity contribution in [1.29, 1.82) is 0 Å².